The van der Waals surface area contributed by atoms with E-state index >= 15 is 0 Å². The topological polar surface area (TPSA) is 55.7 Å². The first-order valence-electron chi connectivity index (χ1n) is 8.27. The van der Waals surface area contributed by atoms with E-state index in [-0.39, 0.29) is 34.5 Å². The smallest absolute Gasteiger partial charge is 0.377 e. The van der Waals surface area contributed by atoms with Gasteiger partial charge in [0.1, 0.15) is 0 Å². The number of alkyl halides is 3. The molecule has 136 valence electrons. The van der Waals surface area contributed by atoms with E-state index in [1.165, 1.54) is 18.2 Å². The number of allylic oxidation sites excluding steroid dienone is 2. The Bertz CT molecular complexity index is 847. The third-order valence-electron chi connectivity index (χ3n) is 5.19. The molecule has 3 atom stereocenters. The van der Waals surface area contributed by atoms with Gasteiger partial charge in [0, 0.05) is 5.92 Å². The second-order valence-electron chi connectivity index (χ2n) is 6.62. The van der Waals surface area contributed by atoms with Crippen molar-refractivity contribution in [3.05, 3.63) is 71.3 Å². The van der Waals surface area contributed by atoms with Crippen molar-refractivity contribution in [3.8, 4) is 0 Å². The molecule has 2 aromatic rings. The van der Waals surface area contributed by atoms with Crippen LogP contribution in [-0.4, -0.2) is 10.4 Å². The minimum absolute atomic E-state index is 0.00899. The average Bonchev–Trinajstić information content (AvgIpc) is 3.09. The molecule has 0 saturated carbocycles. The highest BCUT2D eigenvalue weighted by atomic mass is 19.4. The van der Waals surface area contributed by atoms with Crippen molar-refractivity contribution in [1.82, 2.24) is 0 Å². The molecule has 0 amide bonds. The van der Waals surface area contributed by atoms with Crippen molar-refractivity contribution in [2.75, 3.05) is 10.5 Å². The van der Waals surface area contributed by atoms with Crippen LogP contribution < -0.4 is 10.5 Å². The molecule has 2 aromatic carbocycles. The molecule has 0 aromatic heterocycles. The summed E-state index contributed by atoms with van der Waals surface area (Å²) in [6, 6.07) is 10.4. The molecule has 0 spiro atoms. The van der Waals surface area contributed by atoms with Crippen LogP contribution in [0.2, 0.25) is 0 Å². The molecule has 1 aliphatic heterocycles. The van der Waals surface area contributed by atoms with E-state index in [9.17, 15) is 13.2 Å². The van der Waals surface area contributed by atoms with Gasteiger partial charge in [0.25, 0.3) is 0 Å². The van der Waals surface area contributed by atoms with Crippen LogP contribution in [0.3, 0.4) is 0 Å². The van der Waals surface area contributed by atoms with Gasteiger partial charge in [-0.05, 0) is 41.7 Å². The second kappa shape index (κ2) is 6.03. The van der Waals surface area contributed by atoms with Crippen LogP contribution in [0.25, 0.3) is 0 Å². The number of hydrogen-bond acceptors (Lipinski definition) is 4. The van der Waals surface area contributed by atoms with Crippen molar-refractivity contribution in [2.45, 2.75) is 24.6 Å². The number of hydrogen-bond donors (Lipinski definition) is 3. The fraction of sp³-hybridized carbons (Fsp3) is 0.263. The van der Waals surface area contributed by atoms with Gasteiger partial charge < -0.3 is 5.32 Å². The minimum Gasteiger partial charge on any atom is -0.377 e. The summed E-state index contributed by atoms with van der Waals surface area (Å²) in [5.41, 5.74) is 1.13. The molecule has 2 aliphatic rings. The number of benzene rings is 2. The maximum Gasteiger partial charge on any atom is 0.418 e. The number of fused-ring (bicyclic) bond motifs is 3. The Labute approximate surface area is 148 Å². The molecule has 4 nitrogen and oxygen atoms in total. The molecule has 0 saturated heterocycles. The quantitative estimate of drug-likeness (QED) is 0.513. The zero-order valence-corrected chi connectivity index (χ0v) is 13.6. The number of nitrogens with zero attached hydrogens (tertiary/aromatic N) is 1. The molecular formula is C19H17F3N2O2. The van der Waals surface area contributed by atoms with Gasteiger partial charge in [-0.1, -0.05) is 36.4 Å². The third kappa shape index (κ3) is 2.73. The highest BCUT2D eigenvalue weighted by molar-refractivity contribution is 5.65. The molecule has 3 N–H and O–H groups in total. The molecule has 7 heteroatoms. The van der Waals surface area contributed by atoms with Crippen LogP contribution in [-0.2, 0) is 6.18 Å². The predicted octanol–water partition coefficient (Wildman–Crippen LogP) is 5.12. The van der Waals surface area contributed by atoms with Gasteiger partial charge in [-0.25, -0.2) is 0 Å². The van der Waals surface area contributed by atoms with Crippen molar-refractivity contribution >= 4 is 11.4 Å². The first kappa shape index (κ1) is 16.9. The number of rotatable bonds is 2. The molecule has 0 radical (unpaired) electrons. The van der Waals surface area contributed by atoms with Crippen LogP contribution in [0.4, 0.5) is 24.5 Å². The summed E-state index contributed by atoms with van der Waals surface area (Å²) in [5.74, 6) is 0.0293. The van der Waals surface area contributed by atoms with E-state index in [0.717, 1.165) is 18.1 Å². The van der Waals surface area contributed by atoms with Crippen LogP contribution >= 0.6 is 0 Å². The van der Waals surface area contributed by atoms with Crippen LogP contribution in [0.5, 0.6) is 0 Å². The van der Waals surface area contributed by atoms with Crippen molar-refractivity contribution in [1.29, 1.82) is 0 Å². The van der Waals surface area contributed by atoms with Gasteiger partial charge in [-0.2, -0.15) is 13.2 Å². The Balaban J connectivity index is 1.78. The lowest BCUT2D eigenvalue weighted by atomic mass is 9.76. The van der Waals surface area contributed by atoms with Crippen molar-refractivity contribution in [3.63, 3.8) is 0 Å². The standard InChI is InChI=1S/C19H17F3N2O2/c20-19(21,22)16-6-2-5-15-13-3-1-4-14(13)17(23-18(15)16)11-7-9-12(10-8-11)24(25)26/h1-3,5-10,13-14,17,23,25-26H,4H2. The minimum atomic E-state index is -4.43. The van der Waals surface area contributed by atoms with Crippen LogP contribution in [0.15, 0.2) is 54.6 Å². The first-order chi connectivity index (χ1) is 12.4. The zero-order chi connectivity index (χ0) is 18.5. The lowest BCUT2D eigenvalue weighted by Gasteiger charge is -2.38. The summed E-state index contributed by atoms with van der Waals surface area (Å²) in [4.78, 5) is 0. The van der Waals surface area contributed by atoms with E-state index in [4.69, 9.17) is 10.4 Å². The monoisotopic (exact) mass is 362 g/mol. The molecule has 3 unspecified atom stereocenters. The Hall–Kier alpha value is -2.51. The van der Waals surface area contributed by atoms with Crippen molar-refractivity contribution < 1.29 is 23.6 Å². The molecule has 1 heterocycles. The van der Waals surface area contributed by atoms with Crippen LogP contribution in [0.1, 0.15) is 35.1 Å². The average molecular weight is 362 g/mol. The summed E-state index contributed by atoms with van der Waals surface area (Å²) < 4.78 is 40.4. The van der Waals surface area contributed by atoms with Crippen molar-refractivity contribution in [2.24, 2.45) is 5.92 Å². The highest BCUT2D eigenvalue weighted by Gasteiger charge is 2.42. The lowest BCUT2D eigenvalue weighted by Crippen LogP contribution is -2.30. The Morgan fingerprint density at radius 3 is 2.42 bits per heavy atom. The van der Waals surface area contributed by atoms with E-state index in [2.05, 4.69) is 5.32 Å². The largest absolute Gasteiger partial charge is 0.418 e. The fourth-order valence-electron chi connectivity index (χ4n) is 4.00. The molecule has 26 heavy (non-hydrogen) atoms. The van der Waals surface area contributed by atoms with Gasteiger partial charge >= 0.3 is 6.18 Å². The second-order valence-corrected chi connectivity index (χ2v) is 6.62. The van der Waals surface area contributed by atoms with Gasteiger partial charge in [0.15, 0.2) is 0 Å². The van der Waals surface area contributed by atoms with Gasteiger partial charge in [-0.15, -0.1) is 5.23 Å². The van der Waals surface area contributed by atoms with E-state index in [0.29, 0.717) is 5.56 Å². The molecule has 1 aliphatic carbocycles. The summed E-state index contributed by atoms with van der Waals surface area (Å²) in [6.45, 7) is 0. The molecule has 4 rings (SSSR count). The fourth-order valence-corrected chi connectivity index (χ4v) is 4.00. The number of para-hydroxylation sites is 1. The van der Waals surface area contributed by atoms with Crippen LogP contribution in [0, 0.1) is 5.92 Å². The SMILES string of the molecule is ON(O)c1ccc(C2Nc3c(cccc3C(F)(F)F)C3C=CCC32)cc1. The number of anilines is 2. The number of nitrogens with one attached hydrogen (secondary N) is 1. The first-order valence-corrected chi connectivity index (χ1v) is 8.27. The maximum absolute atomic E-state index is 13.5. The predicted molar refractivity (Wildman–Crippen MR) is 90.3 cm³/mol. The lowest BCUT2D eigenvalue weighted by molar-refractivity contribution is -0.137. The Morgan fingerprint density at radius 1 is 1.04 bits per heavy atom. The summed E-state index contributed by atoms with van der Waals surface area (Å²) >= 11 is 0. The summed E-state index contributed by atoms with van der Waals surface area (Å²) in [7, 11) is 0. The number of halogens is 3. The Morgan fingerprint density at radius 2 is 1.77 bits per heavy atom. The molecule has 0 bridgehead atoms. The van der Waals surface area contributed by atoms with Gasteiger partial charge in [0.05, 0.1) is 23.0 Å². The third-order valence-corrected chi connectivity index (χ3v) is 5.19. The maximum atomic E-state index is 13.5. The summed E-state index contributed by atoms with van der Waals surface area (Å²) in [6.07, 6.45) is 0.327. The van der Waals surface area contributed by atoms with Gasteiger partial charge in [0.2, 0.25) is 0 Å². The highest BCUT2D eigenvalue weighted by Crippen LogP contribution is 2.52. The van der Waals surface area contributed by atoms with Gasteiger partial charge in [-0.3, -0.25) is 10.4 Å². The zero-order valence-electron chi connectivity index (χ0n) is 13.6. The van der Waals surface area contributed by atoms with E-state index < -0.39 is 11.7 Å². The summed E-state index contributed by atoms with van der Waals surface area (Å²) in [5, 5.41) is 21.3. The Kier molecular flexibility index (Phi) is 3.93. The molecule has 0 fully saturated rings. The normalized spacial score (nSPS) is 24.0. The molecular weight excluding hydrogens is 345 g/mol. The van der Waals surface area contributed by atoms with E-state index in [1.807, 2.05) is 12.2 Å². The van der Waals surface area contributed by atoms with E-state index in [1.54, 1.807) is 18.2 Å².